The van der Waals surface area contributed by atoms with Gasteiger partial charge in [0.25, 0.3) is 0 Å². The number of ether oxygens (including phenoxy) is 1. The molecule has 0 saturated carbocycles. The summed E-state index contributed by atoms with van der Waals surface area (Å²) in [7, 11) is 0. The van der Waals surface area contributed by atoms with Crippen LogP contribution in [0.2, 0.25) is 0 Å². The molecule has 3 aromatic rings. The third-order valence-corrected chi connectivity index (χ3v) is 4.12. The number of nitrogens with one attached hydrogen (secondary N) is 2. The number of nitrogens with zero attached hydrogens (tertiary/aromatic N) is 5. The van der Waals surface area contributed by atoms with E-state index in [0.29, 0.717) is 11.6 Å². The van der Waals surface area contributed by atoms with Crippen LogP contribution in [0.15, 0.2) is 30.7 Å². The topological polar surface area (TPSA) is 107 Å². The second-order valence-electron chi connectivity index (χ2n) is 7.20. The van der Waals surface area contributed by atoms with Crippen LogP contribution in [0.3, 0.4) is 0 Å². The highest BCUT2D eigenvalue weighted by Gasteiger charge is 2.31. The Balaban J connectivity index is 2.03. The summed E-state index contributed by atoms with van der Waals surface area (Å²) in [4.78, 5) is 23.0. The van der Waals surface area contributed by atoms with Crippen LogP contribution in [-0.4, -0.2) is 43.4 Å². The summed E-state index contributed by atoms with van der Waals surface area (Å²) < 4.78 is 72.3. The lowest BCUT2D eigenvalue weighted by Gasteiger charge is -2.16. The molecule has 0 spiro atoms. The van der Waals surface area contributed by atoms with E-state index in [1.165, 1.54) is 25.3 Å². The number of halogens is 5. The number of carbonyl (C=O) groups excluding carboxylic acids is 1. The lowest BCUT2D eigenvalue weighted by atomic mass is 10.2. The van der Waals surface area contributed by atoms with E-state index in [1.807, 2.05) is 0 Å². The van der Waals surface area contributed by atoms with Crippen molar-refractivity contribution in [1.82, 2.24) is 24.7 Å². The van der Waals surface area contributed by atoms with E-state index in [-0.39, 0.29) is 46.8 Å². The molecule has 0 bridgehead atoms. The molecule has 0 unspecified atom stereocenters. The molecule has 0 fully saturated rings. The molecule has 3 aromatic heterocycles. The number of amides is 1. The van der Waals surface area contributed by atoms with Gasteiger partial charge >= 0.3 is 12.1 Å². The summed E-state index contributed by atoms with van der Waals surface area (Å²) in [6, 6.07) is 2.69. The van der Waals surface area contributed by atoms with Crippen molar-refractivity contribution in [2.75, 3.05) is 17.2 Å². The molecule has 0 aliphatic rings. The van der Waals surface area contributed by atoms with Crippen LogP contribution in [0.1, 0.15) is 26.6 Å². The number of aromatic nitrogens is 5. The van der Waals surface area contributed by atoms with E-state index in [0.717, 1.165) is 12.4 Å². The zero-order valence-electron chi connectivity index (χ0n) is 18.2. The molecule has 9 nitrogen and oxygen atoms in total. The average molecular weight is 485 g/mol. The molecule has 0 aliphatic heterocycles. The maximum Gasteiger partial charge on any atom is 0.408 e. The van der Waals surface area contributed by atoms with Crippen LogP contribution in [0.25, 0.3) is 11.3 Å². The number of hydrogen-bond acceptors (Lipinski definition) is 7. The van der Waals surface area contributed by atoms with E-state index < -0.39 is 24.5 Å². The Bertz CT molecular complexity index is 1170. The Hall–Kier alpha value is -3.84. The molecule has 0 atom stereocenters. The molecule has 14 heteroatoms. The van der Waals surface area contributed by atoms with Gasteiger partial charge in [-0.05, 0) is 6.92 Å². The average Bonchev–Trinajstić information content (AvgIpc) is 3.15. The monoisotopic (exact) mass is 485 g/mol. The first kappa shape index (κ1) is 24.8. The number of alkyl halides is 5. The Labute approximate surface area is 190 Å². The predicted molar refractivity (Wildman–Crippen MR) is 112 cm³/mol. The lowest BCUT2D eigenvalue weighted by Crippen LogP contribution is -2.17. The third kappa shape index (κ3) is 6.59. The van der Waals surface area contributed by atoms with Gasteiger partial charge in [0, 0.05) is 37.7 Å². The molecule has 3 heterocycles. The normalized spacial score (nSPS) is 11.9. The van der Waals surface area contributed by atoms with Gasteiger partial charge in [-0.3, -0.25) is 9.48 Å². The summed E-state index contributed by atoms with van der Waals surface area (Å²) in [5.41, 5.74) is 0.263. The van der Waals surface area contributed by atoms with Gasteiger partial charge in [-0.15, -0.1) is 0 Å². The van der Waals surface area contributed by atoms with Gasteiger partial charge in [-0.1, -0.05) is 0 Å². The van der Waals surface area contributed by atoms with Gasteiger partial charge in [-0.25, -0.2) is 15.0 Å². The molecule has 0 saturated heterocycles. The van der Waals surface area contributed by atoms with Crippen LogP contribution in [-0.2, 0) is 17.3 Å². The van der Waals surface area contributed by atoms with Crippen LogP contribution < -0.4 is 15.4 Å². The van der Waals surface area contributed by atoms with Gasteiger partial charge in [0.2, 0.25) is 11.7 Å². The summed E-state index contributed by atoms with van der Waals surface area (Å²) in [5, 5.41) is 8.94. The van der Waals surface area contributed by atoms with Crippen LogP contribution in [0, 0.1) is 0 Å². The fourth-order valence-electron chi connectivity index (χ4n) is 2.82. The van der Waals surface area contributed by atoms with Gasteiger partial charge < -0.3 is 15.4 Å². The minimum absolute atomic E-state index is 0.0726. The van der Waals surface area contributed by atoms with Crippen molar-refractivity contribution < 1.29 is 31.5 Å². The first-order valence-electron chi connectivity index (χ1n) is 9.88. The van der Waals surface area contributed by atoms with Crippen molar-refractivity contribution in [2.24, 2.45) is 0 Å². The molecule has 1 amide bonds. The van der Waals surface area contributed by atoms with E-state index in [2.05, 4.69) is 30.7 Å². The van der Waals surface area contributed by atoms with E-state index >= 15 is 0 Å². The molecular weight excluding hydrogens is 465 g/mol. The van der Waals surface area contributed by atoms with Crippen LogP contribution >= 0.6 is 0 Å². The summed E-state index contributed by atoms with van der Waals surface area (Å²) in [6.45, 7) is 2.53. The second kappa shape index (κ2) is 9.57. The molecular formula is C20H20F5N7O2. The summed E-state index contributed by atoms with van der Waals surface area (Å²) >= 11 is 0. The Morgan fingerprint density at radius 3 is 2.47 bits per heavy atom. The zero-order valence-corrected chi connectivity index (χ0v) is 18.2. The number of carbonyl (C=O) groups is 1. The molecule has 0 aromatic carbocycles. The van der Waals surface area contributed by atoms with Crippen molar-refractivity contribution in [3.8, 4) is 17.0 Å². The first-order chi connectivity index (χ1) is 15.8. The highest BCUT2D eigenvalue weighted by molar-refractivity contribution is 5.88. The fraction of sp³-hybridized carbons (Fsp3) is 0.350. The third-order valence-electron chi connectivity index (χ3n) is 4.12. The number of hydrogen-bond donors (Lipinski definition) is 2. The fourth-order valence-corrected chi connectivity index (χ4v) is 2.82. The molecule has 182 valence electrons. The largest absolute Gasteiger partial charge is 0.490 e. The van der Waals surface area contributed by atoms with Gasteiger partial charge in [0.1, 0.15) is 18.2 Å². The van der Waals surface area contributed by atoms with Gasteiger partial charge in [0.05, 0.1) is 30.4 Å². The maximum absolute atomic E-state index is 14.1. The minimum Gasteiger partial charge on any atom is -0.490 e. The second-order valence-corrected chi connectivity index (χ2v) is 7.20. The SMILES string of the molecule is CCOc1cnc(NC(C)=O)cc1Nc1cc(-c2cnn(CC(F)(F)F)c2)nc(C(C)(F)F)n1. The number of pyridine rings is 1. The standard InChI is InChI=1S/C20H20F5N7O2/c1-4-34-15-8-26-16(28-11(2)33)6-14(15)29-17-5-13(30-18(31-17)19(3,21)22)12-7-27-32(9-12)10-20(23,24)25/h5-9H,4,10H2,1-3H3,(H2,26,28,29,30,31,33). The van der Waals surface area contributed by atoms with Crippen molar-refractivity contribution in [2.45, 2.75) is 39.4 Å². The molecule has 0 radical (unpaired) electrons. The van der Waals surface area contributed by atoms with E-state index in [4.69, 9.17) is 4.74 Å². The van der Waals surface area contributed by atoms with Crippen molar-refractivity contribution in [3.05, 3.63) is 36.5 Å². The summed E-state index contributed by atoms with van der Waals surface area (Å²) in [5.74, 6) is -4.36. The molecule has 3 rings (SSSR count). The predicted octanol–water partition coefficient (Wildman–Crippen LogP) is 4.51. The summed E-state index contributed by atoms with van der Waals surface area (Å²) in [6.07, 6.45) is -1.05. The first-order valence-corrected chi connectivity index (χ1v) is 9.88. The molecule has 34 heavy (non-hydrogen) atoms. The van der Waals surface area contributed by atoms with Gasteiger partial charge in [0.15, 0.2) is 5.75 Å². The van der Waals surface area contributed by atoms with Crippen LogP contribution in [0.4, 0.5) is 39.3 Å². The highest BCUT2D eigenvalue weighted by atomic mass is 19.4. The van der Waals surface area contributed by atoms with Crippen LogP contribution in [0.5, 0.6) is 5.75 Å². The maximum atomic E-state index is 14.1. The van der Waals surface area contributed by atoms with Gasteiger partial charge in [-0.2, -0.15) is 27.1 Å². The Morgan fingerprint density at radius 2 is 1.85 bits per heavy atom. The van der Waals surface area contributed by atoms with Crippen molar-refractivity contribution >= 4 is 23.2 Å². The molecule has 0 aliphatic carbocycles. The quantitative estimate of drug-likeness (QED) is 0.452. The zero-order chi connectivity index (χ0) is 25.1. The number of anilines is 3. The minimum atomic E-state index is -4.51. The van der Waals surface area contributed by atoms with Crippen molar-refractivity contribution in [3.63, 3.8) is 0 Å². The van der Waals surface area contributed by atoms with E-state index in [9.17, 15) is 26.7 Å². The highest BCUT2D eigenvalue weighted by Crippen LogP contribution is 2.33. The smallest absolute Gasteiger partial charge is 0.408 e. The van der Waals surface area contributed by atoms with Crippen molar-refractivity contribution in [1.29, 1.82) is 0 Å². The van der Waals surface area contributed by atoms with E-state index in [1.54, 1.807) is 6.92 Å². The molecule has 2 N–H and O–H groups in total. The number of rotatable bonds is 8. The Kier molecular flexibility index (Phi) is 6.98. The Morgan fingerprint density at radius 1 is 1.12 bits per heavy atom. The lowest BCUT2D eigenvalue weighted by molar-refractivity contribution is -0.142.